The van der Waals surface area contributed by atoms with E-state index in [2.05, 4.69) is 10.2 Å². The summed E-state index contributed by atoms with van der Waals surface area (Å²) in [7, 11) is 0. The number of aliphatic hydroxyl groups is 1. The van der Waals surface area contributed by atoms with Crippen molar-refractivity contribution in [3.05, 3.63) is 64.4 Å². The zero-order chi connectivity index (χ0) is 19.2. The van der Waals surface area contributed by atoms with E-state index in [1.807, 2.05) is 59.9 Å². The predicted octanol–water partition coefficient (Wildman–Crippen LogP) is 3.20. The maximum atomic E-state index is 13.2. The number of nitrogens with zero attached hydrogens (tertiary/aromatic N) is 4. The van der Waals surface area contributed by atoms with Gasteiger partial charge in [-0.3, -0.25) is 9.20 Å². The molecule has 2 heterocycles. The van der Waals surface area contributed by atoms with Crippen molar-refractivity contribution in [2.75, 3.05) is 5.75 Å². The molecule has 1 N–H and O–H groups in total. The second kappa shape index (κ2) is 6.51. The molecule has 6 nitrogen and oxygen atoms in total. The summed E-state index contributed by atoms with van der Waals surface area (Å²) in [4.78, 5) is 13.2. The van der Waals surface area contributed by atoms with E-state index in [-0.39, 0.29) is 5.56 Å². The molecule has 0 saturated carbocycles. The number of hydrogen-bond donors (Lipinski definition) is 1. The zero-order valence-electron chi connectivity index (χ0n) is 15.4. The molecule has 0 fully saturated rings. The molecule has 0 amide bonds. The van der Waals surface area contributed by atoms with Crippen LogP contribution in [0.25, 0.3) is 22.4 Å². The number of aromatic nitrogens is 4. The Morgan fingerprint density at radius 3 is 2.48 bits per heavy atom. The average molecular weight is 380 g/mol. The standard InChI is InChI=1S/C20H20N4O2S/c1-13-8-10-14(11-9-13)23-17(25)15-6-4-5-7-16(15)24-18(23)21-22-19(24)27-12-20(2,3)26/h4-11,26H,12H2,1-3H3. The van der Waals surface area contributed by atoms with Crippen molar-refractivity contribution in [3.63, 3.8) is 0 Å². The third kappa shape index (κ3) is 3.24. The number of hydrogen-bond acceptors (Lipinski definition) is 5. The Morgan fingerprint density at radius 2 is 1.78 bits per heavy atom. The molecule has 0 radical (unpaired) electrons. The summed E-state index contributed by atoms with van der Waals surface area (Å²) in [6.45, 7) is 5.51. The molecule has 4 aromatic rings. The largest absolute Gasteiger partial charge is 0.390 e. The fourth-order valence-corrected chi connectivity index (χ4v) is 3.83. The van der Waals surface area contributed by atoms with E-state index in [9.17, 15) is 9.90 Å². The topological polar surface area (TPSA) is 72.4 Å². The Balaban J connectivity index is 2.03. The van der Waals surface area contributed by atoms with Crippen molar-refractivity contribution in [2.45, 2.75) is 31.5 Å². The summed E-state index contributed by atoms with van der Waals surface area (Å²) in [6.07, 6.45) is 0. The molecule has 2 aromatic heterocycles. The first-order valence-corrected chi connectivity index (χ1v) is 9.65. The maximum absolute atomic E-state index is 13.2. The maximum Gasteiger partial charge on any atom is 0.267 e. The minimum atomic E-state index is -0.836. The highest BCUT2D eigenvalue weighted by Crippen LogP contribution is 2.25. The van der Waals surface area contributed by atoms with Crippen LogP contribution < -0.4 is 5.56 Å². The zero-order valence-corrected chi connectivity index (χ0v) is 16.2. The molecule has 0 bridgehead atoms. The van der Waals surface area contributed by atoms with Crippen LogP contribution >= 0.6 is 11.8 Å². The summed E-state index contributed by atoms with van der Waals surface area (Å²) in [5.41, 5.74) is 1.65. The Hall–Kier alpha value is -2.64. The first-order valence-electron chi connectivity index (χ1n) is 8.66. The molecule has 0 unspecified atom stereocenters. The third-order valence-corrected chi connectivity index (χ3v) is 5.61. The Bertz CT molecular complexity index is 1190. The van der Waals surface area contributed by atoms with Gasteiger partial charge >= 0.3 is 0 Å². The second-order valence-corrected chi connectivity index (χ2v) is 8.15. The molecule has 0 saturated heterocycles. The quantitative estimate of drug-likeness (QED) is 0.551. The molecule has 0 aliphatic carbocycles. The predicted molar refractivity (Wildman–Crippen MR) is 108 cm³/mol. The van der Waals surface area contributed by atoms with Gasteiger partial charge in [-0.1, -0.05) is 41.6 Å². The molecule has 4 rings (SSSR count). The average Bonchev–Trinajstić information content (AvgIpc) is 3.05. The molecule has 138 valence electrons. The lowest BCUT2D eigenvalue weighted by atomic mass is 10.2. The summed E-state index contributed by atoms with van der Waals surface area (Å²) in [5.74, 6) is 0.923. The highest BCUT2D eigenvalue weighted by atomic mass is 32.2. The van der Waals surface area contributed by atoms with Gasteiger partial charge in [-0.15, -0.1) is 10.2 Å². The van der Waals surface area contributed by atoms with Crippen molar-refractivity contribution in [1.82, 2.24) is 19.2 Å². The van der Waals surface area contributed by atoms with E-state index in [0.717, 1.165) is 16.8 Å². The Morgan fingerprint density at radius 1 is 1.07 bits per heavy atom. The lowest BCUT2D eigenvalue weighted by Gasteiger charge is -2.16. The van der Waals surface area contributed by atoms with Crippen LogP contribution in [0.5, 0.6) is 0 Å². The van der Waals surface area contributed by atoms with E-state index >= 15 is 0 Å². The number of benzene rings is 2. The molecular weight excluding hydrogens is 360 g/mol. The van der Waals surface area contributed by atoms with E-state index < -0.39 is 5.60 Å². The van der Waals surface area contributed by atoms with E-state index in [4.69, 9.17) is 0 Å². The number of para-hydroxylation sites is 1. The first-order chi connectivity index (χ1) is 12.8. The number of rotatable bonds is 4. The minimum absolute atomic E-state index is 0.131. The normalized spacial score (nSPS) is 12.1. The van der Waals surface area contributed by atoms with E-state index in [1.165, 1.54) is 11.8 Å². The number of fused-ring (bicyclic) bond motifs is 3. The monoisotopic (exact) mass is 380 g/mol. The molecule has 2 aromatic carbocycles. The highest BCUT2D eigenvalue weighted by Gasteiger charge is 2.20. The van der Waals surface area contributed by atoms with Gasteiger partial charge in [-0.25, -0.2) is 4.57 Å². The minimum Gasteiger partial charge on any atom is -0.390 e. The number of aryl methyl sites for hydroxylation is 1. The second-order valence-electron chi connectivity index (χ2n) is 7.21. The van der Waals surface area contributed by atoms with Crippen LogP contribution in [0.4, 0.5) is 0 Å². The van der Waals surface area contributed by atoms with Crippen LogP contribution in [0.2, 0.25) is 0 Å². The molecule has 0 aliphatic heterocycles. The van der Waals surface area contributed by atoms with Crippen LogP contribution in [0.3, 0.4) is 0 Å². The van der Waals surface area contributed by atoms with Gasteiger partial charge in [-0.05, 0) is 45.0 Å². The van der Waals surface area contributed by atoms with Crippen LogP contribution in [0, 0.1) is 6.92 Å². The molecule has 0 atom stereocenters. The lowest BCUT2D eigenvalue weighted by Crippen LogP contribution is -2.23. The van der Waals surface area contributed by atoms with Gasteiger partial charge in [0.05, 0.1) is 22.2 Å². The summed E-state index contributed by atoms with van der Waals surface area (Å²) in [5, 5.41) is 19.9. The molecule has 0 aliphatic rings. The SMILES string of the molecule is Cc1ccc(-n2c(=O)c3ccccc3n3c(SCC(C)(C)O)nnc23)cc1. The summed E-state index contributed by atoms with van der Waals surface area (Å²) >= 11 is 1.41. The van der Waals surface area contributed by atoms with Gasteiger partial charge in [0.15, 0.2) is 5.16 Å². The Labute approximate surface area is 160 Å². The fraction of sp³-hybridized carbons (Fsp3) is 0.250. The van der Waals surface area contributed by atoms with E-state index in [1.54, 1.807) is 18.4 Å². The molecule has 7 heteroatoms. The fourth-order valence-electron chi connectivity index (χ4n) is 2.94. The van der Waals surface area contributed by atoms with E-state index in [0.29, 0.717) is 22.1 Å². The third-order valence-electron chi connectivity index (χ3n) is 4.24. The smallest absolute Gasteiger partial charge is 0.267 e. The van der Waals surface area contributed by atoms with Gasteiger partial charge in [0.25, 0.3) is 5.56 Å². The van der Waals surface area contributed by atoms with Gasteiger partial charge in [0.1, 0.15) is 0 Å². The first kappa shape index (κ1) is 17.8. The molecule has 0 spiro atoms. The molecular formula is C20H20N4O2S. The Kier molecular flexibility index (Phi) is 4.28. The highest BCUT2D eigenvalue weighted by molar-refractivity contribution is 7.99. The van der Waals surface area contributed by atoms with Crippen molar-refractivity contribution < 1.29 is 5.11 Å². The summed E-state index contributed by atoms with van der Waals surface area (Å²) < 4.78 is 3.47. The van der Waals surface area contributed by atoms with Gasteiger partial charge in [0.2, 0.25) is 5.78 Å². The van der Waals surface area contributed by atoms with Crippen molar-refractivity contribution in [1.29, 1.82) is 0 Å². The van der Waals surface area contributed by atoms with Crippen molar-refractivity contribution in [2.24, 2.45) is 0 Å². The van der Waals surface area contributed by atoms with Gasteiger partial charge in [0, 0.05) is 5.75 Å². The van der Waals surface area contributed by atoms with Crippen LogP contribution in [-0.2, 0) is 0 Å². The summed E-state index contributed by atoms with van der Waals surface area (Å²) in [6, 6.07) is 15.2. The number of thioether (sulfide) groups is 1. The van der Waals surface area contributed by atoms with Crippen molar-refractivity contribution >= 4 is 28.4 Å². The van der Waals surface area contributed by atoms with Crippen LogP contribution in [-0.4, -0.2) is 35.6 Å². The van der Waals surface area contributed by atoms with Gasteiger partial charge in [-0.2, -0.15) is 0 Å². The van der Waals surface area contributed by atoms with Gasteiger partial charge < -0.3 is 5.11 Å². The lowest BCUT2D eigenvalue weighted by molar-refractivity contribution is 0.107. The molecule has 27 heavy (non-hydrogen) atoms. The van der Waals surface area contributed by atoms with Crippen molar-refractivity contribution in [3.8, 4) is 5.69 Å². The van der Waals surface area contributed by atoms with Crippen LogP contribution in [0.1, 0.15) is 19.4 Å². The van der Waals surface area contributed by atoms with Crippen LogP contribution in [0.15, 0.2) is 58.5 Å².